The zero-order valence-corrected chi connectivity index (χ0v) is 25.3. The quantitative estimate of drug-likeness (QED) is 0.239. The van der Waals surface area contributed by atoms with Crippen molar-refractivity contribution in [3.63, 3.8) is 0 Å². The van der Waals surface area contributed by atoms with Gasteiger partial charge in [-0.3, -0.25) is 19.3 Å². The summed E-state index contributed by atoms with van der Waals surface area (Å²) in [7, 11) is 8.42. The number of nitrogens with zero attached hydrogens (tertiary/aromatic N) is 2. The maximum atomic E-state index is 14.2. The molecule has 0 spiro atoms. The number of carbonyl (C=O) groups is 3. The number of aromatic hydroxyl groups is 1. The standard InChI is InChI=1S/C32H38N4O8/c1-35(2)21-12-17(14-34-13-15-7-6-8-18(9-15)44-5)26(37)23-19(21)10-16-11-20-25(36(3)4)28(39)24(31(33)42)30(41)32(20,43)29(40)22(16)27(23)38/h6-9,12,16,20,25,34,37,39-40,43H,10-11,13-14H2,1-5H3,(H2,33,42)/t16-,20-,25?,32-/m0/s1. The van der Waals surface area contributed by atoms with Crippen LogP contribution in [0, 0.1) is 11.8 Å². The van der Waals surface area contributed by atoms with E-state index >= 15 is 0 Å². The summed E-state index contributed by atoms with van der Waals surface area (Å²) in [6, 6.07) is 8.30. The number of anilines is 1. The third-order valence-electron chi connectivity index (χ3n) is 9.04. The van der Waals surface area contributed by atoms with Gasteiger partial charge in [0.15, 0.2) is 11.4 Å². The van der Waals surface area contributed by atoms with Crippen LogP contribution in [0.3, 0.4) is 0 Å². The number of nitrogens with two attached hydrogens (primary N) is 1. The Kier molecular flexibility index (Phi) is 7.95. The van der Waals surface area contributed by atoms with Crippen LogP contribution in [0.5, 0.6) is 11.5 Å². The minimum atomic E-state index is -2.68. The Bertz CT molecular complexity index is 1630. The summed E-state index contributed by atoms with van der Waals surface area (Å²) in [5.41, 5.74) is 4.36. The van der Waals surface area contributed by atoms with E-state index in [-0.39, 0.29) is 36.3 Å². The second-order valence-corrected chi connectivity index (χ2v) is 12.1. The minimum absolute atomic E-state index is 0.0184. The number of Topliss-reactive ketones (excluding diaryl/α,β-unsaturated/α-hetero) is 2. The molecule has 2 aromatic carbocycles. The summed E-state index contributed by atoms with van der Waals surface area (Å²) in [6.45, 7) is 0.666. The number of allylic oxidation sites excluding steroid dienone is 1. The van der Waals surface area contributed by atoms with Crippen molar-refractivity contribution in [3.8, 4) is 11.5 Å². The highest BCUT2D eigenvalue weighted by Crippen LogP contribution is 2.53. The Hall–Kier alpha value is -4.39. The molecule has 0 fully saturated rings. The minimum Gasteiger partial charge on any atom is -0.510 e. The fraction of sp³-hybridized carbons (Fsp3) is 0.406. The Labute approximate surface area is 255 Å². The van der Waals surface area contributed by atoms with Gasteiger partial charge in [-0.2, -0.15) is 0 Å². The van der Waals surface area contributed by atoms with Gasteiger partial charge in [-0.25, -0.2) is 0 Å². The molecule has 7 N–H and O–H groups in total. The van der Waals surface area contributed by atoms with Crippen LogP contribution in [0.15, 0.2) is 53.0 Å². The molecule has 44 heavy (non-hydrogen) atoms. The molecule has 0 aliphatic heterocycles. The highest BCUT2D eigenvalue weighted by atomic mass is 16.5. The van der Waals surface area contributed by atoms with Crippen LogP contribution in [0.1, 0.15) is 33.5 Å². The number of methoxy groups -OCH3 is 1. The number of ketones is 2. The van der Waals surface area contributed by atoms with Gasteiger partial charge in [0.25, 0.3) is 5.91 Å². The van der Waals surface area contributed by atoms with Gasteiger partial charge in [0, 0.05) is 49.9 Å². The van der Waals surface area contributed by atoms with Crippen LogP contribution >= 0.6 is 0 Å². The van der Waals surface area contributed by atoms with Crippen molar-refractivity contribution in [1.82, 2.24) is 10.2 Å². The molecule has 3 aliphatic rings. The molecule has 12 nitrogen and oxygen atoms in total. The van der Waals surface area contributed by atoms with Gasteiger partial charge in [-0.15, -0.1) is 0 Å². The molecule has 0 saturated carbocycles. The number of amides is 1. The number of carbonyl (C=O) groups excluding carboxylic acids is 3. The molecular formula is C32H38N4O8. The normalized spacial score (nSPS) is 24.7. The number of phenolic OH excluding ortho intramolecular Hbond substituents is 1. The van der Waals surface area contributed by atoms with Crippen LogP contribution in [0.4, 0.5) is 5.69 Å². The Morgan fingerprint density at radius 3 is 2.43 bits per heavy atom. The van der Waals surface area contributed by atoms with E-state index in [0.717, 1.165) is 5.56 Å². The molecule has 3 aliphatic carbocycles. The zero-order chi connectivity index (χ0) is 32.2. The molecule has 12 heteroatoms. The molecule has 0 radical (unpaired) electrons. The Morgan fingerprint density at radius 1 is 1.11 bits per heavy atom. The number of benzene rings is 2. The summed E-state index contributed by atoms with van der Waals surface area (Å²) < 4.78 is 5.28. The number of hydrogen-bond acceptors (Lipinski definition) is 11. The first kappa shape index (κ1) is 31.0. The number of phenols is 1. The van der Waals surface area contributed by atoms with Crippen LogP contribution in [-0.4, -0.2) is 89.7 Å². The van der Waals surface area contributed by atoms with E-state index in [1.165, 1.54) is 4.90 Å². The topological polar surface area (TPSA) is 186 Å². The number of likely N-dealkylation sites (N-methyl/N-ethyl adjacent to an activating group) is 1. The van der Waals surface area contributed by atoms with Crippen molar-refractivity contribution in [1.29, 1.82) is 0 Å². The first-order valence-electron chi connectivity index (χ1n) is 14.3. The second kappa shape index (κ2) is 11.3. The van der Waals surface area contributed by atoms with Crippen LogP contribution in [0.2, 0.25) is 0 Å². The van der Waals surface area contributed by atoms with E-state index in [4.69, 9.17) is 10.5 Å². The molecule has 5 rings (SSSR count). The lowest BCUT2D eigenvalue weighted by Gasteiger charge is -2.50. The molecule has 0 bridgehead atoms. The number of ether oxygens (including phenoxy) is 1. The Balaban J connectivity index is 1.58. The second-order valence-electron chi connectivity index (χ2n) is 12.1. The van der Waals surface area contributed by atoms with Gasteiger partial charge in [0.1, 0.15) is 28.6 Å². The van der Waals surface area contributed by atoms with Gasteiger partial charge in [0.2, 0.25) is 5.78 Å². The highest BCUT2D eigenvalue weighted by molar-refractivity contribution is 6.25. The molecule has 234 valence electrons. The highest BCUT2D eigenvalue weighted by Gasteiger charge is 2.63. The molecular weight excluding hydrogens is 568 g/mol. The zero-order valence-electron chi connectivity index (χ0n) is 25.3. The van der Waals surface area contributed by atoms with E-state index in [2.05, 4.69) is 5.32 Å². The SMILES string of the molecule is COc1cccc(CNCc2cc(N(C)C)c3c(c2O)C(=O)C2=C(O)[C@]4(O)C(=O)C(C(N)=O)=C(O)C(N(C)C)[C@@H]4C[C@@H]2C3)c1. The van der Waals surface area contributed by atoms with Crippen molar-refractivity contribution in [2.24, 2.45) is 17.6 Å². The number of primary amides is 1. The third kappa shape index (κ3) is 4.70. The predicted molar refractivity (Wildman–Crippen MR) is 162 cm³/mol. The average Bonchev–Trinajstić information content (AvgIpc) is 2.95. The predicted octanol–water partition coefficient (Wildman–Crippen LogP) is 1.49. The number of aliphatic hydroxyl groups is 3. The van der Waals surface area contributed by atoms with E-state index in [9.17, 15) is 34.8 Å². The van der Waals surface area contributed by atoms with E-state index in [1.54, 1.807) is 21.2 Å². The van der Waals surface area contributed by atoms with Crippen molar-refractivity contribution < 1.29 is 39.5 Å². The van der Waals surface area contributed by atoms with Gasteiger partial charge in [-0.05, 0) is 62.2 Å². The van der Waals surface area contributed by atoms with Crippen molar-refractivity contribution in [3.05, 3.63) is 75.3 Å². The fourth-order valence-corrected chi connectivity index (χ4v) is 7.01. The number of aliphatic hydroxyl groups excluding tert-OH is 2. The average molecular weight is 607 g/mol. The summed E-state index contributed by atoms with van der Waals surface area (Å²) in [6.07, 6.45) is 0.246. The largest absolute Gasteiger partial charge is 0.510 e. The third-order valence-corrected chi connectivity index (χ3v) is 9.04. The van der Waals surface area contributed by atoms with Crippen LogP contribution in [-0.2, 0) is 29.1 Å². The molecule has 0 saturated heterocycles. The Morgan fingerprint density at radius 2 is 1.82 bits per heavy atom. The fourth-order valence-electron chi connectivity index (χ4n) is 7.01. The van der Waals surface area contributed by atoms with Crippen molar-refractivity contribution in [2.75, 3.05) is 40.2 Å². The monoisotopic (exact) mass is 606 g/mol. The number of fused-ring (bicyclic) bond motifs is 3. The van der Waals surface area contributed by atoms with Crippen LogP contribution in [0.25, 0.3) is 0 Å². The van der Waals surface area contributed by atoms with Gasteiger partial charge >= 0.3 is 0 Å². The van der Waals surface area contributed by atoms with Gasteiger partial charge < -0.3 is 41.1 Å². The van der Waals surface area contributed by atoms with E-state index < -0.39 is 58.0 Å². The lowest BCUT2D eigenvalue weighted by atomic mass is 9.58. The lowest BCUT2D eigenvalue weighted by Crippen LogP contribution is -2.63. The van der Waals surface area contributed by atoms with Crippen molar-refractivity contribution in [2.45, 2.75) is 37.6 Å². The summed E-state index contributed by atoms with van der Waals surface area (Å²) in [5.74, 6) is -6.00. The molecule has 2 aromatic rings. The lowest BCUT2D eigenvalue weighted by molar-refractivity contribution is -0.148. The number of rotatable bonds is 8. The molecule has 1 amide bonds. The van der Waals surface area contributed by atoms with E-state index in [1.807, 2.05) is 49.3 Å². The number of hydrogen-bond donors (Lipinski definition) is 6. The number of nitrogens with one attached hydrogen (secondary N) is 1. The molecule has 4 atom stereocenters. The van der Waals surface area contributed by atoms with Crippen LogP contribution < -0.4 is 20.7 Å². The summed E-state index contributed by atoms with van der Waals surface area (Å²) in [5, 5.41) is 49.0. The van der Waals surface area contributed by atoms with E-state index in [0.29, 0.717) is 29.1 Å². The van der Waals surface area contributed by atoms with Crippen molar-refractivity contribution >= 4 is 23.2 Å². The summed E-state index contributed by atoms with van der Waals surface area (Å²) in [4.78, 5) is 43.3. The smallest absolute Gasteiger partial charge is 0.255 e. The molecule has 0 aromatic heterocycles. The maximum absolute atomic E-state index is 14.2. The van der Waals surface area contributed by atoms with Gasteiger partial charge in [-0.1, -0.05) is 12.1 Å². The molecule has 0 heterocycles. The first-order valence-corrected chi connectivity index (χ1v) is 14.3. The molecule has 1 unspecified atom stereocenters. The van der Waals surface area contributed by atoms with Gasteiger partial charge in [0.05, 0.1) is 18.7 Å². The maximum Gasteiger partial charge on any atom is 0.255 e. The first-order chi connectivity index (χ1) is 20.7. The summed E-state index contributed by atoms with van der Waals surface area (Å²) >= 11 is 0.